The molecule has 0 bridgehead atoms. The Balaban J connectivity index is 1.42. The highest BCUT2D eigenvalue weighted by Crippen LogP contribution is 2.35. The Kier molecular flexibility index (Phi) is 6.69. The number of H-pyrrole nitrogens is 1. The lowest BCUT2D eigenvalue weighted by Crippen LogP contribution is -2.49. The number of likely N-dealkylation sites (N-methyl/N-ethyl adjacent to an activating group) is 1. The quantitative estimate of drug-likeness (QED) is 0.394. The number of ether oxygens (including phenoxy) is 3. The van der Waals surface area contributed by atoms with Gasteiger partial charge in [-0.05, 0) is 46.8 Å². The maximum atomic E-state index is 13.6. The van der Waals surface area contributed by atoms with E-state index in [1.165, 1.54) is 0 Å². The summed E-state index contributed by atoms with van der Waals surface area (Å²) in [6.45, 7) is 8.05. The predicted molar refractivity (Wildman–Crippen MR) is 141 cm³/mol. The van der Waals surface area contributed by atoms with Crippen LogP contribution in [0.1, 0.15) is 29.9 Å². The number of rotatable bonds is 7. The number of nitrogens with one attached hydrogen (secondary N) is 1. The topological polar surface area (TPSA) is 111 Å². The van der Waals surface area contributed by atoms with Gasteiger partial charge in [0.2, 0.25) is 0 Å². The minimum absolute atomic E-state index is 0.170. The van der Waals surface area contributed by atoms with Crippen molar-refractivity contribution in [2.24, 2.45) is 0 Å². The standard InChI is InChI=1S/C27H31N7O4/c1-3-32-8-10-33(11-9-32)25(26-29-30-31-34(26)17-18-4-6-20(36-2)7-5-18)21-14-19-15-23-24(38-13-12-37-23)16-22(19)28-27(21)35/h4-7,14-16,25H,3,8-13,17H2,1-2H3,(H,28,35). The van der Waals surface area contributed by atoms with Gasteiger partial charge in [0.25, 0.3) is 5.56 Å². The van der Waals surface area contributed by atoms with E-state index in [0.717, 1.165) is 49.4 Å². The highest BCUT2D eigenvalue weighted by molar-refractivity contribution is 5.83. The van der Waals surface area contributed by atoms with E-state index in [-0.39, 0.29) is 5.56 Å². The monoisotopic (exact) mass is 517 g/mol. The normalized spacial score (nSPS) is 17.0. The molecule has 1 atom stereocenters. The molecule has 0 saturated carbocycles. The van der Waals surface area contributed by atoms with E-state index in [1.807, 2.05) is 42.5 Å². The van der Waals surface area contributed by atoms with Crippen LogP contribution in [0.5, 0.6) is 17.2 Å². The fourth-order valence-electron chi connectivity index (χ4n) is 5.22. The number of pyridine rings is 1. The minimum Gasteiger partial charge on any atom is -0.497 e. The summed E-state index contributed by atoms with van der Waals surface area (Å²) in [4.78, 5) is 21.4. The van der Waals surface area contributed by atoms with Gasteiger partial charge in [0.05, 0.1) is 19.2 Å². The van der Waals surface area contributed by atoms with Gasteiger partial charge in [-0.3, -0.25) is 9.69 Å². The lowest BCUT2D eigenvalue weighted by atomic mass is 10.0. The van der Waals surface area contributed by atoms with Gasteiger partial charge in [0.1, 0.15) is 25.0 Å². The van der Waals surface area contributed by atoms with Gasteiger partial charge in [-0.2, -0.15) is 0 Å². The fourth-order valence-corrected chi connectivity index (χ4v) is 5.22. The number of nitrogens with zero attached hydrogens (tertiary/aromatic N) is 6. The molecule has 4 aromatic rings. The van der Waals surface area contributed by atoms with Gasteiger partial charge in [0, 0.05) is 43.2 Å². The molecule has 0 amide bonds. The van der Waals surface area contributed by atoms with E-state index in [9.17, 15) is 4.79 Å². The molecule has 38 heavy (non-hydrogen) atoms. The van der Waals surface area contributed by atoms with E-state index in [1.54, 1.807) is 11.8 Å². The Bertz CT molecular complexity index is 1480. The molecule has 2 aromatic carbocycles. The zero-order valence-corrected chi connectivity index (χ0v) is 21.6. The molecule has 11 nitrogen and oxygen atoms in total. The number of benzene rings is 2. The summed E-state index contributed by atoms with van der Waals surface area (Å²) in [6.07, 6.45) is 0. The van der Waals surface area contributed by atoms with E-state index in [2.05, 4.69) is 37.2 Å². The van der Waals surface area contributed by atoms with Gasteiger partial charge in [-0.1, -0.05) is 19.1 Å². The van der Waals surface area contributed by atoms with Crippen LogP contribution >= 0.6 is 0 Å². The predicted octanol–water partition coefficient (Wildman–Crippen LogP) is 2.07. The molecule has 2 aliphatic rings. The number of hydrogen-bond donors (Lipinski definition) is 1. The molecular weight excluding hydrogens is 486 g/mol. The van der Waals surface area contributed by atoms with E-state index in [0.29, 0.717) is 48.2 Å². The Labute approximate surface area is 219 Å². The van der Waals surface area contributed by atoms with Crippen LogP contribution in [-0.2, 0) is 6.54 Å². The van der Waals surface area contributed by atoms with Gasteiger partial charge in [0.15, 0.2) is 17.3 Å². The Hall–Kier alpha value is -3.96. The molecule has 0 aliphatic carbocycles. The zero-order chi connectivity index (χ0) is 26.1. The summed E-state index contributed by atoms with van der Waals surface area (Å²) in [5.74, 6) is 2.74. The third-order valence-corrected chi connectivity index (χ3v) is 7.35. The van der Waals surface area contributed by atoms with Crippen LogP contribution in [-0.4, -0.2) is 88.0 Å². The smallest absolute Gasteiger partial charge is 0.253 e. The summed E-state index contributed by atoms with van der Waals surface area (Å²) in [5, 5.41) is 13.7. The van der Waals surface area contributed by atoms with Gasteiger partial charge in [-0.15, -0.1) is 5.10 Å². The molecule has 1 fully saturated rings. The minimum atomic E-state index is -0.413. The number of aromatic nitrogens is 5. The molecule has 11 heteroatoms. The Morgan fingerprint density at radius 1 is 1.03 bits per heavy atom. The van der Waals surface area contributed by atoms with Crippen LogP contribution in [0, 0.1) is 0 Å². The summed E-state index contributed by atoms with van der Waals surface area (Å²) in [6, 6.07) is 13.1. The van der Waals surface area contributed by atoms with Gasteiger partial charge in [-0.25, -0.2) is 4.68 Å². The molecule has 2 aliphatic heterocycles. The molecular formula is C27H31N7O4. The second-order valence-electron chi connectivity index (χ2n) is 9.55. The molecule has 1 N–H and O–H groups in total. The van der Waals surface area contributed by atoms with Crippen molar-refractivity contribution in [3.63, 3.8) is 0 Å². The summed E-state index contributed by atoms with van der Waals surface area (Å²) < 4.78 is 18.6. The molecule has 1 unspecified atom stereocenters. The molecule has 0 radical (unpaired) electrons. The highest BCUT2D eigenvalue weighted by atomic mass is 16.6. The van der Waals surface area contributed by atoms with Crippen molar-refractivity contribution in [2.45, 2.75) is 19.5 Å². The summed E-state index contributed by atoms with van der Waals surface area (Å²) in [5.41, 5.74) is 2.17. The maximum absolute atomic E-state index is 13.6. The highest BCUT2D eigenvalue weighted by Gasteiger charge is 2.32. The number of fused-ring (bicyclic) bond motifs is 2. The fraction of sp³-hybridized carbons (Fsp3) is 0.407. The first kappa shape index (κ1) is 24.4. The molecule has 4 heterocycles. The van der Waals surface area contributed by atoms with Gasteiger partial charge >= 0.3 is 0 Å². The largest absolute Gasteiger partial charge is 0.497 e. The lowest BCUT2D eigenvalue weighted by Gasteiger charge is -2.38. The second kappa shape index (κ2) is 10.4. The van der Waals surface area contributed by atoms with E-state index in [4.69, 9.17) is 14.2 Å². The average Bonchev–Trinajstić information content (AvgIpc) is 3.40. The third kappa shape index (κ3) is 4.70. The van der Waals surface area contributed by atoms with Gasteiger partial charge < -0.3 is 24.1 Å². The maximum Gasteiger partial charge on any atom is 0.253 e. The van der Waals surface area contributed by atoms with Crippen LogP contribution in [0.4, 0.5) is 0 Å². The molecule has 198 valence electrons. The lowest BCUT2D eigenvalue weighted by molar-refractivity contribution is 0.108. The van der Waals surface area contributed by atoms with Crippen LogP contribution < -0.4 is 19.8 Å². The average molecular weight is 518 g/mol. The first-order valence-electron chi connectivity index (χ1n) is 12.9. The van der Waals surface area contributed by atoms with Crippen molar-refractivity contribution in [3.8, 4) is 17.2 Å². The number of piperazine rings is 1. The third-order valence-electron chi connectivity index (χ3n) is 7.35. The van der Waals surface area contributed by atoms with E-state index >= 15 is 0 Å². The second-order valence-corrected chi connectivity index (χ2v) is 9.55. The van der Waals surface area contributed by atoms with Crippen LogP contribution in [0.2, 0.25) is 0 Å². The van der Waals surface area contributed by atoms with Crippen molar-refractivity contribution in [1.82, 2.24) is 35.0 Å². The van der Waals surface area contributed by atoms with Crippen molar-refractivity contribution in [3.05, 3.63) is 69.8 Å². The van der Waals surface area contributed by atoms with E-state index < -0.39 is 6.04 Å². The Morgan fingerprint density at radius 3 is 2.47 bits per heavy atom. The zero-order valence-electron chi connectivity index (χ0n) is 21.6. The first-order chi connectivity index (χ1) is 18.6. The van der Waals surface area contributed by atoms with Crippen LogP contribution in [0.25, 0.3) is 10.9 Å². The number of hydrogen-bond acceptors (Lipinski definition) is 9. The number of aromatic amines is 1. The SMILES string of the molecule is CCN1CCN(C(c2cc3cc4c(cc3[nH]c2=O)OCCO4)c2nnnn2Cc2ccc(OC)cc2)CC1. The number of tetrazole rings is 1. The molecule has 1 saturated heterocycles. The first-order valence-corrected chi connectivity index (χ1v) is 12.9. The molecule has 2 aromatic heterocycles. The van der Waals surface area contributed by atoms with Crippen molar-refractivity contribution in [2.75, 3.05) is 53.0 Å². The van der Waals surface area contributed by atoms with Crippen LogP contribution in [0.3, 0.4) is 0 Å². The van der Waals surface area contributed by atoms with Crippen molar-refractivity contribution >= 4 is 10.9 Å². The van der Waals surface area contributed by atoms with Crippen molar-refractivity contribution in [1.29, 1.82) is 0 Å². The summed E-state index contributed by atoms with van der Waals surface area (Å²) >= 11 is 0. The Morgan fingerprint density at radius 2 is 1.76 bits per heavy atom. The van der Waals surface area contributed by atoms with Crippen LogP contribution in [0.15, 0.2) is 47.3 Å². The molecule has 0 spiro atoms. The number of methoxy groups -OCH3 is 1. The molecule has 6 rings (SSSR count). The summed E-state index contributed by atoms with van der Waals surface area (Å²) in [7, 11) is 1.65. The van der Waals surface area contributed by atoms with Crippen molar-refractivity contribution < 1.29 is 14.2 Å².